The van der Waals surface area contributed by atoms with Crippen molar-refractivity contribution >= 4 is 5.82 Å². The number of nitrogens with zero attached hydrogens (tertiary/aromatic N) is 4. The molecule has 2 aromatic carbocycles. The van der Waals surface area contributed by atoms with Crippen LogP contribution in [0.1, 0.15) is 22.9 Å². The molecule has 1 aromatic heterocycles. The van der Waals surface area contributed by atoms with Crippen LogP contribution in [0.3, 0.4) is 0 Å². The van der Waals surface area contributed by atoms with Gasteiger partial charge in [-0.1, -0.05) is 24.3 Å². The van der Waals surface area contributed by atoms with Crippen LogP contribution in [0.5, 0.6) is 11.6 Å². The van der Waals surface area contributed by atoms with Gasteiger partial charge in [-0.15, -0.1) is 0 Å². The number of benzene rings is 2. The number of halogens is 3. The number of anilines is 1. The van der Waals surface area contributed by atoms with E-state index in [-0.39, 0.29) is 5.56 Å². The van der Waals surface area contributed by atoms with Crippen molar-refractivity contribution in [2.24, 2.45) is 5.73 Å². The minimum absolute atomic E-state index is 0.0847. The van der Waals surface area contributed by atoms with Gasteiger partial charge < -0.3 is 20.1 Å². The molecule has 1 unspecified atom stereocenters. The van der Waals surface area contributed by atoms with Crippen LogP contribution in [0.25, 0.3) is 11.1 Å². The first-order chi connectivity index (χ1) is 16.8. The number of nitrogens with two attached hydrogens (primary N) is 1. The fourth-order valence-corrected chi connectivity index (χ4v) is 3.91. The van der Waals surface area contributed by atoms with Gasteiger partial charge in [0.1, 0.15) is 17.4 Å². The van der Waals surface area contributed by atoms with E-state index >= 15 is 0 Å². The molecule has 7 nitrogen and oxygen atoms in total. The van der Waals surface area contributed by atoms with E-state index < -0.39 is 18.6 Å². The van der Waals surface area contributed by atoms with E-state index in [1.807, 2.05) is 0 Å². The van der Waals surface area contributed by atoms with E-state index in [1.165, 1.54) is 12.1 Å². The zero-order valence-electron chi connectivity index (χ0n) is 19.0. The summed E-state index contributed by atoms with van der Waals surface area (Å²) in [5.74, 6) is 0.140. The normalized spacial score (nSPS) is 14.9. The molecule has 2 heterocycles. The minimum atomic E-state index is -4.43. The molecule has 1 aliphatic heterocycles. The quantitative estimate of drug-likeness (QED) is 0.549. The number of nitriles is 1. The summed E-state index contributed by atoms with van der Waals surface area (Å²) in [6, 6.07) is 14.7. The van der Waals surface area contributed by atoms with Crippen molar-refractivity contribution < 1.29 is 22.6 Å². The molecule has 3 aromatic rings. The largest absolute Gasteiger partial charge is 0.438 e. The number of alkyl halides is 3. The van der Waals surface area contributed by atoms with Gasteiger partial charge in [0.15, 0.2) is 0 Å². The van der Waals surface area contributed by atoms with Crippen molar-refractivity contribution in [3.05, 3.63) is 65.5 Å². The van der Waals surface area contributed by atoms with Crippen LogP contribution in [0.2, 0.25) is 0 Å². The summed E-state index contributed by atoms with van der Waals surface area (Å²) < 4.78 is 51.3. The number of morpholine rings is 1. The molecule has 1 saturated heterocycles. The van der Waals surface area contributed by atoms with Crippen molar-refractivity contribution in [2.45, 2.75) is 19.0 Å². The lowest BCUT2D eigenvalue weighted by Gasteiger charge is -2.28. The number of hydrogen-bond acceptors (Lipinski definition) is 7. The monoisotopic (exact) mass is 483 g/mol. The van der Waals surface area contributed by atoms with Crippen molar-refractivity contribution in [1.29, 1.82) is 5.26 Å². The van der Waals surface area contributed by atoms with Gasteiger partial charge in [-0.25, -0.2) is 4.98 Å². The number of hydrogen-bond donors (Lipinski definition) is 1. The van der Waals surface area contributed by atoms with Crippen LogP contribution in [-0.4, -0.2) is 49.0 Å². The fraction of sp³-hybridized carbons (Fsp3) is 0.320. The summed E-state index contributed by atoms with van der Waals surface area (Å²) in [6.07, 6.45) is -4.43. The van der Waals surface area contributed by atoms with E-state index in [4.69, 9.17) is 15.2 Å². The summed E-state index contributed by atoms with van der Waals surface area (Å²) in [5.41, 5.74) is 7.06. The van der Waals surface area contributed by atoms with Crippen molar-refractivity contribution in [3.8, 4) is 28.8 Å². The second-order valence-corrected chi connectivity index (χ2v) is 8.09. The fourth-order valence-electron chi connectivity index (χ4n) is 3.91. The second-order valence-electron chi connectivity index (χ2n) is 8.09. The van der Waals surface area contributed by atoms with Crippen molar-refractivity contribution in [1.82, 2.24) is 9.97 Å². The average molecular weight is 483 g/mol. The molecule has 0 bridgehead atoms. The first-order valence-electron chi connectivity index (χ1n) is 11.1. The predicted molar refractivity (Wildman–Crippen MR) is 124 cm³/mol. The summed E-state index contributed by atoms with van der Waals surface area (Å²) in [5, 5.41) is 9.38. The van der Waals surface area contributed by atoms with Gasteiger partial charge in [0, 0.05) is 31.3 Å². The Balaban J connectivity index is 1.67. The Morgan fingerprint density at radius 2 is 1.83 bits per heavy atom. The van der Waals surface area contributed by atoms with E-state index in [1.54, 1.807) is 43.3 Å². The van der Waals surface area contributed by atoms with Crippen LogP contribution in [0.4, 0.5) is 19.0 Å². The Labute approximate surface area is 200 Å². The lowest BCUT2D eigenvalue weighted by Crippen LogP contribution is -2.36. The molecule has 1 aliphatic rings. The number of ether oxygens (including phenoxy) is 2. The summed E-state index contributed by atoms with van der Waals surface area (Å²) in [7, 11) is 0. The lowest BCUT2D eigenvalue weighted by molar-refractivity contribution is -0.148. The number of aryl methyl sites for hydroxylation is 1. The Morgan fingerprint density at radius 1 is 1.11 bits per heavy atom. The van der Waals surface area contributed by atoms with E-state index in [0.717, 1.165) is 0 Å². The highest BCUT2D eigenvalue weighted by molar-refractivity contribution is 5.72. The molecule has 2 N–H and O–H groups in total. The van der Waals surface area contributed by atoms with Crippen LogP contribution < -0.4 is 15.4 Å². The van der Waals surface area contributed by atoms with Gasteiger partial charge in [0.05, 0.1) is 30.8 Å². The first kappa shape index (κ1) is 24.4. The zero-order chi connectivity index (χ0) is 25.0. The molecule has 0 radical (unpaired) electrons. The Kier molecular flexibility index (Phi) is 7.19. The number of aromatic nitrogens is 2. The average Bonchev–Trinajstić information content (AvgIpc) is 2.84. The van der Waals surface area contributed by atoms with Crippen molar-refractivity contribution in [3.63, 3.8) is 0 Å². The molecule has 35 heavy (non-hydrogen) atoms. The van der Waals surface area contributed by atoms with Crippen LogP contribution >= 0.6 is 0 Å². The third-order valence-electron chi connectivity index (χ3n) is 5.72. The Hall–Kier alpha value is -3.68. The van der Waals surface area contributed by atoms with Gasteiger partial charge >= 0.3 is 6.18 Å². The summed E-state index contributed by atoms with van der Waals surface area (Å²) in [4.78, 5) is 10.9. The maximum atomic E-state index is 13.3. The van der Waals surface area contributed by atoms with E-state index in [0.29, 0.717) is 66.3 Å². The highest BCUT2D eigenvalue weighted by Crippen LogP contribution is 2.38. The highest BCUT2D eigenvalue weighted by atomic mass is 19.4. The standard InChI is InChI=1S/C25H24F3N5O2/c1-16-31-23(33-8-10-34-11-9-33)13-24(32-16)35-22-12-17(14-29)2-7-20(22)18-3-5-19(6-4-18)21(15-30)25(26,27)28/h2-7,12-13,21H,8-11,15,30H2,1H3. The van der Waals surface area contributed by atoms with Crippen LogP contribution in [0.15, 0.2) is 48.5 Å². The highest BCUT2D eigenvalue weighted by Gasteiger charge is 2.39. The topological polar surface area (TPSA) is 97.3 Å². The Bertz CT molecular complexity index is 1220. The van der Waals surface area contributed by atoms with E-state index in [9.17, 15) is 18.4 Å². The van der Waals surface area contributed by atoms with Crippen LogP contribution in [-0.2, 0) is 4.74 Å². The first-order valence-corrected chi connectivity index (χ1v) is 11.1. The molecule has 4 rings (SSSR count). The summed E-state index contributed by atoms with van der Waals surface area (Å²) in [6.45, 7) is 3.81. The van der Waals surface area contributed by atoms with Crippen LogP contribution in [0, 0.1) is 18.3 Å². The Morgan fingerprint density at radius 3 is 2.46 bits per heavy atom. The molecule has 0 spiro atoms. The second kappa shape index (κ2) is 10.3. The van der Waals surface area contributed by atoms with Crippen molar-refractivity contribution in [2.75, 3.05) is 37.7 Å². The lowest BCUT2D eigenvalue weighted by atomic mass is 9.95. The molecular formula is C25H24F3N5O2. The maximum Gasteiger partial charge on any atom is 0.396 e. The molecular weight excluding hydrogens is 459 g/mol. The SMILES string of the molecule is Cc1nc(Oc2cc(C#N)ccc2-c2ccc(C(CN)C(F)(F)F)cc2)cc(N2CCOCC2)n1. The zero-order valence-corrected chi connectivity index (χ0v) is 19.0. The molecule has 0 saturated carbocycles. The molecule has 0 aliphatic carbocycles. The number of rotatable bonds is 6. The summed E-state index contributed by atoms with van der Waals surface area (Å²) >= 11 is 0. The van der Waals surface area contributed by atoms with Gasteiger partial charge in [0.2, 0.25) is 5.88 Å². The third-order valence-corrected chi connectivity index (χ3v) is 5.72. The minimum Gasteiger partial charge on any atom is -0.438 e. The van der Waals surface area contributed by atoms with Gasteiger partial charge in [0.25, 0.3) is 0 Å². The van der Waals surface area contributed by atoms with Gasteiger partial charge in [-0.05, 0) is 36.2 Å². The molecule has 10 heteroatoms. The van der Waals surface area contributed by atoms with E-state index in [2.05, 4.69) is 20.9 Å². The van der Waals surface area contributed by atoms with Gasteiger partial charge in [-0.3, -0.25) is 0 Å². The maximum absolute atomic E-state index is 13.3. The molecule has 1 atom stereocenters. The molecule has 1 fully saturated rings. The molecule has 0 amide bonds. The smallest absolute Gasteiger partial charge is 0.396 e. The third kappa shape index (κ3) is 5.70. The molecule has 182 valence electrons. The predicted octanol–water partition coefficient (Wildman–Crippen LogP) is 4.56. The van der Waals surface area contributed by atoms with Gasteiger partial charge in [-0.2, -0.15) is 23.4 Å².